The zero-order chi connectivity index (χ0) is 14.0. The third kappa shape index (κ3) is 2.52. The van der Waals surface area contributed by atoms with Gasteiger partial charge in [-0.1, -0.05) is 0 Å². The van der Waals surface area contributed by atoms with Gasteiger partial charge in [-0.3, -0.25) is 14.9 Å². The van der Waals surface area contributed by atoms with Gasteiger partial charge in [-0.05, 0) is 0 Å². The van der Waals surface area contributed by atoms with E-state index in [1.165, 1.54) is 4.90 Å². The molecule has 2 heterocycles. The molecule has 1 aromatic heterocycles. The second-order valence-corrected chi connectivity index (χ2v) is 3.83. The van der Waals surface area contributed by atoms with Gasteiger partial charge in [0.15, 0.2) is 0 Å². The molecule has 19 heavy (non-hydrogen) atoms. The fraction of sp³-hybridized carbons (Fsp3) is 0.444. The van der Waals surface area contributed by atoms with Crippen LogP contribution in [0.2, 0.25) is 0 Å². The summed E-state index contributed by atoms with van der Waals surface area (Å²) in [5.74, 6) is -1.30. The molecule has 0 unspecified atom stereocenters. The summed E-state index contributed by atoms with van der Waals surface area (Å²) < 4.78 is 5.10. The molecular weight excluding hydrogens is 256 g/mol. The molecule has 0 aromatic carbocycles. The number of morpholine rings is 1. The van der Waals surface area contributed by atoms with Crippen LogP contribution < -0.4 is 11.5 Å². The quantitative estimate of drug-likeness (QED) is 0.513. The van der Waals surface area contributed by atoms with Gasteiger partial charge in [0.1, 0.15) is 0 Å². The van der Waals surface area contributed by atoms with Crippen molar-refractivity contribution in [1.82, 2.24) is 14.9 Å². The normalized spacial score (nSPS) is 15.3. The molecular formula is C9H12N6O4. The monoisotopic (exact) mass is 268 g/mol. The number of nitrogens with zero attached hydrogens (tertiary/aromatic N) is 4. The van der Waals surface area contributed by atoms with Crippen molar-refractivity contribution >= 4 is 23.4 Å². The molecule has 1 fully saturated rings. The van der Waals surface area contributed by atoms with Crippen molar-refractivity contribution in [3.63, 3.8) is 0 Å². The molecule has 4 N–H and O–H groups in total. The highest BCUT2D eigenvalue weighted by Gasteiger charge is 2.31. The van der Waals surface area contributed by atoms with Crippen LogP contribution in [0.4, 0.5) is 17.5 Å². The summed E-state index contributed by atoms with van der Waals surface area (Å²) in [4.78, 5) is 30.9. The number of carbonyl (C=O) groups excluding carboxylic acids is 1. The van der Waals surface area contributed by atoms with Gasteiger partial charge in [0.25, 0.3) is 5.91 Å². The molecule has 0 atom stereocenters. The maximum absolute atomic E-state index is 12.2. The van der Waals surface area contributed by atoms with Crippen LogP contribution in [0.5, 0.6) is 0 Å². The molecule has 0 saturated carbocycles. The Labute approximate surface area is 107 Å². The molecule has 1 aromatic rings. The van der Waals surface area contributed by atoms with Crippen molar-refractivity contribution in [3.05, 3.63) is 15.8 Å². The van der Waals surface area contributed by atoms with Crippen LogP contribution >= 0.6 is 0 Å². The Morgan fingerprint density at radius 2 is 1.95 bits per heavy atom. The first-order valence-corrected chi connectivity index (χ1v) is 5.45. The molecule has 1 amide bonds. The first kappa shape index (κ1) is 13.0. The van der Waals surface area contributed by atoms with E-state index in [0.717, 1.165) is 0 Å². The van der Waals surface area contributed by atoms with E-state index >= 15 is 0 Å². The maximum atomic E-state index is 12.2. The fourth-order valence-electron chi connectivity index (χ4n) is 1.74. The largest absolute Gasteiger partial charge is 0.378 e. The van der Waals surface area contributed by atoms with Crippen LogP contribution in [-0.4, -0.2) is 52.0 Å². The molecule has 10 heteroatoms. The third-order valence-corrected chi connectivity index (χ3v) is 2.61. The predicted molar refractivity (Wildman–Crippen MR) is 64.2 cm³/mol. The highest BCUT2D eigenvalue weighted by molar-refractivity contribution is 5.98. The number of nitrogens with two attached hydrogens (primary N) is 2. The summed E-state index contributed by atoms with van der Waals surface area (Å²) in [6, 6.07) is 0. The number of ether oxygens (including phenoxy) is 1. The van der Waals surface area contributed by atoms with Crippen molar-refractivity contribution in [3.8, 4) is 0 Å². The van der Waals surface area contributed by atoms with Crippen LogP contribution in [-0.2, 0) is 4.74 Å². The molecule has 0 radical (unpaired) electrons. The Balaban J connectivity index is 2.42. The van der Waals surface area contributed by atoms with Crippen molar-refractivity contribution in [2.75, 3.05) is 37.8 Å². The lowest BCUT2D eigenvalue weighted by atomic mass is 10.2. The number of carbonyl (C=O) groups is 1. The molecule has 2 rings (SSSR count). The number of aromatic nitrogens is 2. The smallest absolute Gasteiger partial charge is 0.342 e. The lowest BCUT2D eigenvalue weighted by Gasteiger charge is -2.26. The molecule has 0 aliphatic carbocycles. The van der Waals surface area contributed by atoms with E-state index in [1.807, 2.05) is 0 Å². The summed E-state index contributed by atoms with van der Waals surface area (Å²) >= 11 is 0. The van der Waals surface area contributed by atoms with Crippen molar-refractivity contribution in [2.45, 2.75) is 0 Å². The second-order valence-electron chi connectivity index (χ2n) is 3.83. The molecule has 102 valence electrons. The van der Waals surface area contributed by atoms with E-state index in [1.54, 1.807) is 0 Å². The third-order valence-electron chi connectivity index (χ3n) is 2.61. The van der Waals surface area contributed by atoms with Crippen LogP contribution in [0.25, 0.3) is 0 Å². The lowest BCUT2D eigenvalue weighted by Crippen LogP contribution is -2.41. The van der Waals surface area contributed by atoms with Gasteiger partial charge in [-0.2, -0.15) is 4.98 Å². The summed E-state index contributed by atoms with van der Waals surface area (Å²) in [6.45, 7) is 1.41. The number of rotatable bonds is 2. The molecule has 10 nitrogen and oxygen atoms in total. The number of amides is 1. The minimum Gasteiger partial charge on any atom is -0.378 e. The number of hydrogen-bond donors (Lipinski definition) is 2. The topological polar surface area (TPSA) is 150 Å². The van der Waals surface area contributed by atoms with Gasteiger partial charge in [0.2, 0.25) is 17.5 Å². The molecule has 0 bridgehead atoms. The van der Waals surface area contributed by atoms with E-state index < -0.39 is 28.0 Å². The highest BCUT2D eigenvalue weighted by Crippen LogP contribution is 2.25. The minimum absolute atomic E-state index is 0.278. The van der Waals surface area contributed by atoms with Crippen molar-refractivity contribution in [1.29, 1.82) is 0 Å². The van der Waals surface area contributed by atoms with E-state index in [4.69, 9.17) is 16.2 Å². The lowest BCUT2D eigenvalue weighted by molar-refractivity contribution is -0.384. The minimum atomic E-state index is -0.789. The van der Waals surface area contributed by atoms with Crippen LogP contribution in [0, 0.1) is 10.1 Å². The molecule has 1 saturated heterocycles. The number of nitro groups is 1. The average Bonchev–Trinajstić information content (AvgIpc) is 2.37. The Kier molecular flexibility index (Phi) is 3.42. The van der Waals surface area contributed by atoms with Crippen molar-refractivity contribution < 1.29 is 14.5 Å². The number of hydrogen-bond acceptors (Lipinski definition) is 8. The molecule has 1 aliphatic rings. The van der Waals surface area contributed by atoms with E-state index in [9.17, 15) is 14.9 Å². The van der Waals surface area contributed by atoms with Gasteiger partial charge in [-0.15, -0.1) is 0 Å². The number of anilines is 2. The van der Waals surface area contributed by atoms with Gasteiger partial charge in [0.05, 0.1) is 18.1 Å². The molecule has 1 aliphatic heterocycles. The Hall–Kier alpha value is -2.49. The van der Waals surface area contributed by atoms with Crippen LogP contribution in [0.3, 0.4) is 0 Å². The van der Waals surface area contributed by atoms with Gasteiger partial charge in [0, 0.05) is 13.1 Å². The summed E-state index contributed by atoms with van der Waals surface area (Å²) in [7, 11) is 0. The van der Waals surface area contributed by atoms with Gasteiger partial charge < -0.3 is 21.1 Å². The highest BCUT2D eigenvalue weighted by atomic mass is 16.6. The van der Waals surface area contributed by atoms with E-state index in [-0.39, 0.29) is 5.95 Å². The van der Waals surface area contributed by atoms with E-state index in [2.05, 4.69) is 9.97 Å². The summed E-state index contributed by atoms with van der Waals surface area (Å²) in [5, 5.41) is 11.0. The Bertz CT molecular complexity index is 528. The van der Waals surface area contributed by atoms with Crippen LogP contribution in [0.15, 0.2) is 0 Å². The standard InChI is InChI=1S/C9H12N6O4/c10-7-6(15(17)18)5(12-9(11)13-7)8(16)14-1-3-19-4-2-14/h1-4H2,(H4,10,11,12,13). The maximum Gasteiger partial charge on any atom is 0.342 e. The average molecular weight is 268 g/mol. The van der Waals surface area contributed by atoms with E-state index in [0.29, 0.717) is 26.3 Å². The Morgan fingerprint density at radius 3 is 2.53 bits per heavy atom. The number of nitrogen functional groups attached to an aromatic ring is 2. The zero-order valence-corrected chi connectivity index (χ0v) is 9.90. The van der Waals surface area contributed by atoms with Gasteiger partial charge >= 0.3 is 5.69 Å². The summed E-state index contributed by atoms with van der Waals surface area (Å²) in [5.41, 5.74) is 9.79. The first-order valence-electron chi connectivity index (χ1n) is 5.45. The van der Waals surface area contributed by atoms with Crippen LogP contribution in [0.1, 0.15) is 10.5 Å². The summed E-state index contributed by atoms with van der Waals surface area (Å²) in [6.07, 6.45) is 0. The molecule has 0 spiro atoms. The SMILES string of the molecule is Nc1nc(N)c([N+](=O)[O-])c(C(=O)N2CCOCC2)n1. The first-order chi connectivity index (χ1) is 9.00. The zero-order valence-electron chi connectivity index (χ0n) is 9.90. The van der Waals surface area contributed by atoms with Crippen molar-refractivity contribution in [2.24, 2.45) is 0 Å². The second kappa shape index (κ2) is 5.02. The fourth-order valence-corrected chi connectivity index (χ4v) is 1.74. The predicted octanol–water partition coefficient (Wildman–Crippen LogP) is -0.978. The van der Waals surface area contributed by atoms with Gasteiger partial charge in [-0.25, -0.2) is 4.98 Å². The Morgan fingerprint density at radius 1 is 1.32 bits per heavy atom.